The van der Waals surface area contributed by atoms with Crippen LogP contribution in [0.2, 0.25) is 0 Å². The Labute approximate surface area is 420 Å². The molecule has 5 aromatic rings. The number of rotatable bonds is 36. The summed E-state index contributed by atoms with van der Waals surface area (Å²) in [7, 11) is 0. The molecule has 64 heavy (non-hydrogen) atoms. The third-order valence-electron chi connectivity index (χ3n) is 13.0. The molecule has 5 nitrogen and oxygen atoms in total. The van der Waals surface area contributed by atoms with E-state index in [0.717, 1.165) is 47.2 Å². The van der Waals surface area contributed by atoms with E-state index in [1.54, 1.807) is 0 Å². The van der Waals surface area contributed by atoms with E-state index in [0.29, 0.717) is 0 Å². The van der Waals surface area contributed by atoms with Crippen molar-refractivity contribution < 1.29 is 54.3 Å². The van der Waals surface area contributed by atoms with Gasteiger partial charge in [-0.3, -0.25) is 0 Å². The van der Waals surface area contributed by atoms with Crippen molar-refractivity contribution in [3.05, 3.63) is 66.7 Å². The van der Waals surface area contributed by atoms with E-state index in [9.17, 15) is 0 Å². The first-order valence-corrected chi connectivity index (χ1v) is 25.7. The van der Waals surface area contributed by atoms with Crippen LogP contribution in [0.15, 0.2) is 66.7 Å². The maximum absolute atomic E-state index is 5.31. The van der Waals surface area contributed by atoms with Crippen LogP contribution in [-0.2, 0) is 30.2 Å². The Morgan fingerprint density at radius 2 is 0.578 bits per heavy atom. The van der Waals surface area contributed by atoms with Crippen molar-refractivity contribution in [2.45, 2.75) is 232 Å². The molecule has 0 saturated heterocycles. The number of imidazole rings is 2. The van der Waals surface area contributed by atoms with Crippen LogP contribution >= 0.6 is 0 Å². The number of hydrogen-bond acceptors (Lipinski definition) is 3. The minimum absolute atomic E-state index is 0. The van der Waals surface area contributed by atoms with Gasteiger partial charge in [-0.1, -0.05) is 237 Å². The van der Waals surface area contributed by atoms with Crippen molar-refractivity contribution >= 4 is 22.1 Å². The molecule has 0 aliphatic carbocycles. The molecule has 0 unspecified atom stereocenters. The van der Waals surface area contributed by atoms with E-state index in [1.807, 2.05) is 0 Å². The number of benzene rings is 2. The van der Waals surface area contributed by atoms with Crippen LogP contribution in [0, 0.1) is 0 Å². The third-order valence-corrected chi connectivity index (χ3v) is 13.0. The topological polar surface area (TPSA) is 48.5 Å². The minimum Gasteiger partial charge on any atom is -1.00 e. The van der Waals surface area contributed by atoms with Crippen molar-refractivity contribution in [2.75, 3.05) is 0 Å². The Bertz CT molecular complexity index is 1730. The minimum atomic E-state index is 0. The van der Waals surface area contributed by atoms with Gasteiger partial charge in [0.2, 0.25) is 0 Å². The summed E-state index contributed by atoms with van der Waals surface area (Å²) in [5, 5.41) is 0. The Kier molecular flexibility index (Phi) is 35.5. The normalized spacial score (nSPS) is 11.0. The van der Waals surface area contributed by atoms with Gasteiger partial charge in [-0.25, -0.2) is 15.0 Å². The summed E-state index contributed by atoms with van der Waals surface area (Å²) < 4.78 is 4.84. The molecular weight excluding hydrogens is 893 g/mol. The van der Waals surface area contributed by atoms with Crippen molar-refractivity contribution in [1.29, 1.82) is 0 Å². The number of aryl methyl sites for hydroxylation is 2. The fraction of sp³-hybridized carbons (Fsp3) is 0.655. The first kappa shape index (κ1) is 59.9. The zero-order chi connectivity index (χ0) is 41.7. The Balaban J connectivity index is 0.00000512. The Hall–Kier alpha value is -2.08. The first-order valence-electron chi connectivity index (χ1n) is 25.7. The molecule has 0 N–H and O–H groups in total. The van der Waals surface area contributed by atoms with Crippen molar-refractivity contribution in [2.24, 2.45) is 0 Å². The summed E-state index contributed by atoms with van der Waals surface area (Å²) in [5.41, 5.74) is 6.37. The number of hydrogen-bond donors (Lipinski definition) is 0. The maximum Gasteiger partial charge on any atom is 3.00 e. The second-order valence-electron chi connectivity index (χ2n) is 18.2. The fourth-order valence-electron chi connectivity index (χ4n) is 9.31. The van der Waals surface area contributed by atoms with E-state index >= 15 is 0 Å². The van der Waals surface area contributed by atoms with E-state index in [1.165, 1.54) is 216 Å². The number of nitrogens with zero attached hydrogens (tertiary/aromatic N) is 5. The molecular formula is C55H85Cl3FeN5. The van der Waals surface area contributed by atoms with Gasteiger partial charge in [0.1, 0.15) is 11.4 Å². The van der Waals surface area contributed by atoms with E-state index in [2.05, 4.69) is 89.7 Å². The maximum atomic E-state index is 5.31. The molecule has 1 radical (unpaired) electrons. The van der Waals surface area contributed by atoms with Crippen LogP contribution in [0.1, 0.15) is 219 Å². The van der Waals surface area contributed by atoms with Gasteiger partial charge >= 0.3 is 17.1 Å². The Morgan fingerprint density at radius 1 is 0.312 bits per heavy atom. The molecule has 0 saturated carbocycles. The number of pyridine rings is 1. The summed E-state index contributed by atoms with van der Waals surface area (Å²) in [4.78, 5) is 15.7. The van der Waals surface area contributed by atoms with Crippen LogP contribution in [0.5, 0.6) is 0 Å². The first-order chi connectivity index (χ1) is 29.8. The largest absolute Gasteiger partial charge is 3.00 e. The SMILES string of the molecule is CCCCCCCCCCCCCCCCCCn1c(-c2cccc(-c3nc4ccccc4n3CCCCCCCCCCCCCCCCCC)n2)nc2ccccc21.[Cl-].[Cl-].[Cl-].[Fe+3]. The quantitative estimate of drug-likeness (QED) is 0.0299. The molecule has 0 bridgehead atoms. The van der Waals surface area contributed by atoms with Gasteiger partial charge in [-0.05, 0) is 49.2 Å². The van der Waals surface area contributed by atoms with Gasteiger partial charge < -0.3 is 46.4 Å². The summed E-state index contributed by atoms with van der Waals surface area (Å²) in [6.07, 6.45) is 44.3. The zero-order valence-electron chi connectivity index (χ0n) is 40.1. The molecule has 2 aromatic carbocycles. The van der Waals surface area contributed by atoms with Gasteiger partial charge in [-0.2, -0.15) is 0 Å². The van der Waals surface area contributed by atoms with Crippen molar-refractivity contribution in [3.63, 3.8) is 0 Å². The molecule has 9 heteroatoms. The van der Waals surface area contributed by atoms with E-state index < -0.39 is 0 Å². The molecule has 0 fully saturated rings. The molecule has 0 spiro atoms. The number of halogens is 3. The standard InChI is InChI=1S/C55H85N5.3ClH.Fe/c1-3-5-7-9-11-13-15-17-19-21-23-25-27-29-31-37-46-59-52-44-35-33-40-48(52)57-54(59)50-42-39-43-51(56-50)55-58-49-41-34-36-45-53(49)60(55)47-38-32-30-28-26-24-22-20-18-16-14-12-10-8-6-4-2;;;;/h33-36,39-45H,3-32,37-38,46-47H2,1-2H3;3*1H;/q;;;;+3/p-3. The molecule has 3 heterocycles. The van der Waals surface area contributed by atoms with Crippen LogP contribution in [0.25, 0.3) is 45.1 Å². The van der Waals surface area contributed by atoms with Gasteiger partial charge in [0.25, 0.3) is 0 Å². The smallest absolute Gasteiger partial charge is 1.00 e. The number of unbranched alkanes of at least 4 members (excludes halogenated alkanes) is 30. The van der Waals surface area contributed by atoms with Crippen LogP contribution < -0.4 is 37.2 Å². The number of aromatic nitrogens is 5. The van der Waals surface area contributed by atoms with Crippen molar-refractivity contribution in [1.82, 2.24) is 24.1 Å². The van der Waals surface area contributed by atoms with Gasteiger partial charge in [0, 0.05) is 13.1 Å². The van der Waals surface area contributed by atoms with Gasteiger partial charge in [-0.15, -0.1) is 0 Å². The summed E-state index contributed by atoms with van der Waals surface area (Å²) >= 11 is 0. The summed E-state index contributed by atoms with van der Waals surface area (Å²) in [6.45, 7) is 6.55. The van der Waals surface area contributed by atoms with Crippen LogP contribution in [-0.4, -0.2) is 24.1 Å². The van der Waals surface area contributed by atoms with Crippen LogP contribution in [0.3, 0.4) is 0 Å². The summed E-state index contributed by atoms with van der Waals surface area (Å²) in [6, 6.07) is 23.6. The second-order valence-corrected chi connectivity index (χ2v) is 18.2. The molecule has 0 amide bonds. The predicted octanol–water partition coefficient (Wildman–Crippen LogP) is 8.65. The Morgan fingerprint density at radius 3 is 0.875 bits per heavy atom. The summed E-state index contributed by atoms with van der Waals surface area (Å²) in [5.74, 6) is 1.94. The van der Waals surface area contributed by atoms with Crippen LogP contribution in [0.4, 0.5) is 0 Å². The molecule has 0 atom stereocenters. The average molecular weight is 979 g/mol. The van der Waals surface area contributed by atoms with E-state index in [4.69, 9.17) is 15.0 Å². The van der Waals surface area contributed by atoms with Gasteiger partial charge in [0.05, 0.1) is 22.1 Å². The molecule has 0 aliphatic rings. The van der Waals surface area contributed by atoms with Crippen molar-refractivity contribution in [3.8, 4) is 23.0 Å². The monoisotopic (exact) mass is 977 g/mol. The number of fused-ring (bicyclic) bond motifs is 2. The van der Waals surface area contributed by atoms with Gasteiger partial charge in [0.15, 0.2) is 11.6 Å². The second kappa shape index (κ2) is 37.9. The zero-order valence-corrected chi connectivity index (χ0v) is 43.5. The fourth-order valence-corrected chi connectivity index (χ4v) is 9.31. The number of para-hydroxylation sites is 4. The third kappa shape index (κ3) is 21.7. The average Bonchev–Trinajstić information content (AvgIpc) is 3.84. The molecule has 359 valence electrons. The molecule has 3 aromatic heterocycles. The van der Waals surface area contributed by atoms with E-state index in [-0.39, 0.29) is 54.3 Å². The molecule has 0 aliphatic heterocycles. The molecule has 5 rings (SSSR count). The predicted molar refractivity (Wildman–Crippen MR) is 261 cm³/mol.